The summed E-state index contributed by atoms with van der Waals surface area (Å²) in [5.74, 6) is 0.955. The third kappa shape index (κ3) is 4.82. The molecule has 1 fully saturated rings. The quantitative estimate of drug-likeness (QED) is 0.795. The van der Waals surface area contributed by atoms with Crippen LogP contribution < -0.4 is 10.1 Å². The number of nitrogens with zero attached hydrogens (tertiary/aromatic N) is 1. The monoisotopic (exact) mass is 382 g/mol. The molecule has 148 valence electrons. The number of likely N-dealkylation sites (tertiary alicyclic amines) is 1. The SMILES string of the molecule is COC(=O)c1ccccc1NC(=O)N1CCC(Cc2ccc(OC)cc2)CC1. The van der Waals surface area contributed by atoms with E-state index >= 15 is 0 Å². The van der Waals surface area contributed by atoms with Crippen molar-refractivity contribution < 1.29 is 19.1 Å². The maximum Gasteiger partial charge on any atom is 0.339 e. The van der Waals surface area contributed by atoms with Crippen molar-refractivity contribution in [1.82, 2.24) is 4.90 Å². The van der Waals surface area contributed by atoms with Crippen LogP contribution >= 0.6 is 0 Å². The summed E-state index contributed by atoms with van der Waals surface area (Å²) in [4.78, 5) is 26.3. The van der Waals surface area contributed by atoms with Gasteiger partial charge in [0, 0.05) is 13.1 Å². The summed E-state index contributed by atoms with van der Waals surface area (Å²) in [5.41, 5.74) is 2.11. The lowest BCUT2D eigenvalue weighted by molar-refractivity contribution is 0.0602. The molecule has 0 bridgehead atoms. The number of methoxy groups -OCH3 is 2. The Kier molecular flexibility index (Phi) is 6.53. The lowest BCUT2D eigenvalue weighted by atomic mass is 9.90. The summed E-state index contributed by atoms with van der Waals surface area (Å²) in [5, 5.41) is 2.84. The molecule has 0 unspecified atom stereocenters. The van der Waals surface area contributed by atoms with E-state index in [2.05, 4.69) is 17.4 Å². The number of anilines is 1. The largest absolute Gasteiger partial charge is 0.497 e. The second-order valence-electron chi connectivity index (χ2n) is 6.95. The van der Waals surface area contributed by atoms with Crippen LogP contribution in [0.4, 0.5) is 10.5 Å². The van der Waals surface area contributed by atoms with Crippen LogP contribution in [0.2, 0.25) is 0 Å². The number of amides is 2. The molecule has 2 amide bonds. The van der Waals surface area contributed by atoms with Crippen LogP contribution in [0, 0.1) is 5.92 Å². The van der Waals surface area contributed by atoms with Crippen LogP contribution in [0.3, 0.4) is 0 Å². The van der Waals surface area contributed by atoms with Crippen molar-refractivity contribution >= 4 is 17.7 Å². The van der Waals surface area contributed by atoms with Gasteiger partial charge in [0.1, 0.15) is 5.75 Å². The average Bonchev–Trinajstić information content (AvgIpc) is 2.74. The fourth-order valence-corrected chi connectivity index (χ4v) is 3.51. The Balaban J connectivity index is 1.53. The molecule has 6 nitrogen and oxygen atoms in total. The predicted octanol–water partition coefficient (Wildman–Crippen LogP) is 3.97. The van der Waals surface area contributed by atoms with Gasteiger partial charge in [0.05, 0.1) is 25.5 Å². The number of hydrogen-bond acceptors (Lipinski definition) is 4. The van der Waals surface area contributed by atoms with Gasteiger partial charge in [-0.25, -0.2) is 9.59 Å². The zero-order valence-corrected chi connectivity index (χ0v) is 16.3. The van der Waals surface area contributed by atoms with Gasteiger partial charge in [0.15, 0.2) is 0 Å². The lowest BCUT2D eigenvalue weighted by Crippen LogP contribution is -2.41. The maximum absolute atomic E-state index is 12.6. The molecule has 0 radical (unpaired) electrons. The second-order valence-corrected chi connectivity index (χ2v) is 6.95. The third-order valence-corrected chi connectivity index (χ3v) is 5.16. The van der Waals surface area contributed by atoms with E-state index in [-0.39, 0.29) is 6.03 Å². The zero-order chi connectivity index (χ0) is 19.9. The van der Waals surface area contributed by atoms with Gasteiger partial charge in [-0.1, -0.05) is 24.3 Å². The number of piperidine rings is 1. The number of urea groups is 1. The summed E-state index contributed by atoms with van der Waals surface area (Å²) in [6.07, 6.45) is 2.92. The predicted molar refractivity (Wildman–Crippen MR) is 108 cm³/mol. The Hall–Kier alpha value is -3.02. The molecular formula is C22H26N2O4. The molecule has 0 aliphatic carbocycles. The lowest BCUT2D eigenvalue weighted by Gasteiger charge is -2.32. The molecule has 2 aromatic carbocycles. The van der Waals surface area contributed by atoms with Crippen LogP contribution in [0.1, 0.15) is 28.8 Å². The molecule has 3 rings (SSSR count). The number of rotatable bonds is 5. The minimum Gasteiger partial charge on any atom is -0.497 e. The molecule has 0 saturated carbocycles. The Labute approximate surface area is 165 Å². The summed E-state index contributed by atoms with van der Waals surface area (Å²) in [6, 6.07) is 14.9. The van der Waals surface area contributed by atoms with Crippen molar-refractivity contribution in [3.05, 3.63) is 59.7 Å². The first-order valence-corrected chi connectivity index (χ1v) is 9.47. The smallest absolute Gasteiger partial charge is 0.339 e. The van der Waals surface area contributed by atoms with Crippen LogP contribution in [0.15, 0.2) is 48.5 Å². The van der Waals surface area contributed by atoms with Gasteiger partial charge in [-0.2, -0.15) is 0 Å². The fourth-order valence-electron chi connectivity index (χ4n) is 3.51. The van der Waals surface area contributed by atoms with Crippen LogP contribution in [0.25, 0.3) is 0 Å². The summed E-state index contributed by atoms with van der Waals surface area (Å²) >= 11 is 0. The van der Waals surface area contributed by atoms with E-state index in [1.54, 1.807) is 36.3 Å². The molecule has 1 heterocycles. The molecule has 0 atom stereocenters. The zero-order valence-electron chi connectivity index (χ0n) is 16.3. The Bertz CT molecular complexity index is 812. The summed E-state index contributed by atoms with van der Waals surface area (Å²) < 4.78 is 9.98. The van der Waals surface area contributed by atoms with E-state index < -0.39 is 5.97 Å². The minimum atomic E-state index is -0.464. The van der Waals surface area contributed by atoms with E-state index in [4.69, 9.17) is 9.47 Å². The molecule has 1 aliphatic rings. The summed E-state index contributed by atoms with van der Waals surface area (Å²) in [6.45, 7) is 1.40. The maximum atomic E-state index is 12.6. The number of carbonyl (C=O) groups is 2. The highest BCUT2D eigenvalue weighted by Crippen LogP contribution is 2.24. The topological polar surface area (TPSA) is 67.9 Å². The van der Waals surface area contributed by atoms with Crippen molar-refractivity contribution in [2.24, 2.45) is 5.92 Å². The van der Waals surface area contributed by atoms with Gasteiger partial charge in [-0.15, -0.1) is 0 Å². The van der Waals surface area contributed by atoms with Crippen molar-refractivity contribution in [3.8, 4) is 5.75 Å². The minimum absolute atomic E-state index is 0.181. The number of hydrogen-bond donors (Lipinski definition) is 1. The molecule has 2 aromatic rings. The third-order valence-electron chi connectivity index (χ3n) is 5.16. The molecule has 0 aromatic heterocycles. The van der Waals surface area contributed by atoms with E-state index in [0.29, 0.717) is 30.3 Å². The number of carbonyl (C=O) groups excluding carboxylic acids is 2. The van der Waals surface area contributed by atoms with Gasteiger partial charge in [0.2, 0.25) is 0 Å². The summed E-state index contributed by atoms with van der Waals surface area (Å²) in [7, 11) is 2.99. The molecule has 1 aliphatic heterocycles. The number of ether oxygens (including phenoxy) is 2. The molecule has 1 N–H and O–H groups in total. The standard InChI is InChI=1S/C22H26N2O4/c1-27-18-9-7-16(8-10-18)15-17-11-13-24(14-12-17)22(26)23-20-6-4-3-5-19(20)21(25)28-2/h3-10,17H,11-15H2,1-2H3,(H,23,26). The van der Waals surface area contributed by atoms with Crippen molar-refractivity contribution in [2.75, 3.05) is 32.6 Å². The first-order chi connectivity index (χ1) is 13.6. The van der Waals surface area contributed by atoms with Crippen molar-refractivity contribution in [3.63, 3.8) is 0 Å². The van der Waals surface area contributed by atoms with Gasteiger partial charge >= 0.3 is 12.0 Å². The first-order valence-electron chi connectivity index (χ1n) is 9.47. The van der Waals surface area contributed by atoms with Crippen LogP contribution in [-0.4, -0.2) is 44.2 Å². The number of benzene rings is 2. The van der Waals surface area contributed by atoms with Crippen LogP contribution in [0.5, 0.6) is 5.75 Å². The number of para-hydroxylation sites is 1. The highest BCUT2D eigenvalue weighted by atomic mass is 16.5. The van der Waals surface area contributed by atoms with Gasteiger partial charge in [-0.05, 0) is 55.0 Å². The van der Waals surface area contributed by atoms with E-state index in [1.165, 1.54) is 12.7 Å². The normalized spacial score (nSPS) is 14.4. The van der Waals surface area contributed by atoms with E-state index in [0.717, 1.165) is 25.0 Å². The number of nitrogens with one attached hydrogen (secondary N) is 1. The Morgan fingerprint density at radius 1 is 1.04 bits per heavy atom. The van der Waals surface area contributed by atoms with Crippen molar-refractivity contribution in [2.45, 2.75) is 19.3 Å². The fraction of sp³-hybridized carbons (Fsp3) is 0.364. The Morgan fingerprint density at radius 2 is 1.71 bits per heavy atom. The van der Waals surface area contributed by atoms with Crippen molar-refractivity contribution in [1.29, 1.82) is 0 Å². The van der Waals surface area contributed by atoms with Crippen LogP contribution in [-0.2, 0) is 11.2 Å². The second kappa shape index (κ2) is 9.26. The van der Waals surface area contributed by atoms with Gasteiger partial charge in [-0.3, -0.25) is 0 Å². The van der Waals surface area contributed by atoms with Gasteiger partial charge < -0.3 is 19.7 Å². The van der Waals surface area contributed by atoms with E-state index in [1.807, 2.05) is 12.1 Å². The highest BCUT2D eigenvalue weighted by Gasteiger charge is 2.24. The molecule has 6 heteroatoms. The first kappa shape index (κ1) is 19.7. The van der Waals surface area contributed by atoms with Gasteiger partial charge in [0.25, 0.3) is 0 Å². The number of esters is 1. The van der Waals surface area contributed by atoms with E-state index in [9.17, 15) is 9.59 Å². The average molecular weight is 382 g/mol. The molecule has 28 heavy (non-hydrogen) atoms. The molecule has 0 spiro atoms. The molecule has 1 saturated heterocycles. The Morgan fingerprint density at radius 3 is 2.36 bits per heavy atom. The molecular weight excluding hydrogens is 356 g/mol. The highest BCUT2D eigenvalue weighted by molar-refractivity contribution is 6.00.